The van der Waals surface area contributed by atoms with Crippen molar-refractivity contribution in [1.29, 1.82) is 0 Å². The number of halogens is 2. The standard InChI is InChI=1S/C24H21F2N3O3S/c1-15-22(23(27)31)33-24(29(15)13-17-7-8-19(25)20(26)11-17)28-10-9-18(12-21(28)30)32-14-16-5-3-2-4-6-16/h2-12,24H,13-14H2,1H3,(H2,27,31). The Morgan fingerprint density at radius 1 is 1.06 bits per heavy atom. The Kier molecular flexibility index (Phi) is 6.50. The lowest BCUT2D eigenvalue weighted by Gasteiger charge is -2.29. The number of hydrogen-bond donors (Lipinski definition) is 1. The number of carbonyl (C=O) groups is 1. The molecular formula is C24H21F2N3O3S. The lowest BCUT2D eigenvalue weighted by atomic mass is 10.2. The number of rotatable bonds is 7. The first kappa shape index (κ1) is 22.6. The van der Waals surface area contributed by atoms with E-state index in [2.05, 4.69) is 0 Å². The predicted octanol–water partition coefficient (Wildman–Crippen LogP) is 4.13. The first-order valence-corrected chi connectivity index (χ1v) is 11.0. The zero-order valence-electron chi connectivity index (χ0n) is 17.7. The molecule has 0 saturated carbocycles. The molecule has 1 atom stereocenters. The number of amides is 1. The van der Waals surface area contributed by atoms with Crippen molar-refractivity contribution in [3.8, 4) is 5.75 Å². The maximum atomic E-state index is 13.7. The Bertz CT molecular complexity index is 1280. The molecule has 2 N–H and O–H groups in total. The molecule has 0 fully saturated rings. The summed E-state index contributed by atoms with van der Waals surface area (Å²) in [5, 5.41) is 0. The van der Waals surface area contributed by atoms with Crippen LogP contribution < -0.4 is 16.0 Å². The molecular weight excluding hydrogens is 448 g/mol. The van der Waals surface area contributed by atoms with Crippen LogP contribution in [-0.2, 0) is 17.9 Å². The molecule has 0 saturated heterocycles. The fourth-order valence-corrected chi connectivity index (χ4v) is 4.77. The van der Waals surface area contributed by atoms with Crippen molar-refractivity contribution in [2.24, 2.45) is 5.73 Å². The van der Waals surface area contributed by atoms with E-state index in [-0.39, 0.29) is 12.1 Å². The zero-order chi connectivity index (χ0) is 23.5. The molecule has 9 heteroatoms. The van der Waals surface area contributed by atoms with Crippen LogP contribution in [0, 0.1) is 11.6 Å². The molecule has 1 aliphatic heterocycles. The number of nitrogens with zero attached hydrogens (tertiary/aromatic N) is 2. The third kappa shape index (κ3) is 4.93. The quantitative estimate of drug-likeness (QED) is 0.563. The maximum Gasteiger partial charge on any atom is 0.257 e. The van der Waals surface area contributed by atoms with E-state index in [1.807, 2.05) is 30.3 Å². The highest BCUT2D eigenvalue weighted by molar-refractivity contribution is 8.04. The van der Waals surface area contributed by atoms with Crippen LogP contribution in [0.3, 0.4) is 0 Å². The minimum absolute atomic E-state index is 0.149. The van der Waals surface area contributed by atoms with Gasteiger partial charge in [0.25, 0.3) is 11.5 Å². The van der Waals surface area contributed by atoms with E-state index in [0.29, 0.717) is 28.5 Å². The van der Waals surface area contributed by atoms with Crippen LogP contribution >= 0.6 is 11.8 Å². The van der Waals surface area contributed by atoms with Crippen molar-refractivity contribution in [2.45, 2.75) is 25.6 Å². The number of ether oxygens (including phenoxy) is 1. The van der Waals surface area contributed by atoms with Crippen molar-refractivity contribution in [2.75, 3.05) is 0 Å². The van der Waals surface area contributed by atoms with Gasteiger partial charge in [0.05, 0.1) is 4.91 Å². The van der Waals surface area contributed by atoms with E-state index < -0.39 is 23.0 Å². The summed E-state index contributed by atoms with van der Waals surface area (Å²) in [6.45, 7) is 2.17. The lowest BCUT2D eigenvalue weighted by molar-refractivity contribution is -0.114. The van der Waals surface area contributed by atoms with Gasteiger partial charge in [0, 0.05) is 24.5 Å². The molecule has 3 aromatic rings. The molecule has 1 aromatic heterocycles. The molecule has 6 nitrogen and oxygen atoms in total. The fraction of sp³-hybridized carbons (Fsp3) is 0.167. The molecule has 0 bridgehead atoms. The van der Waals surface area contributed by atoms with Crippen LogP contribution in [-0.4, -0.2) is 15.4 Å². The van der Waals surface area contributed by atoms with E-state index in [0.717, 1.165) is 29.5 Å². The number of pyridine rings is 1. The van der Waals surface area contributed by atoms with Crippen LogP contribution in [0.2, 0.25) is 0 Å². The van der Waals surface area contributed by atoms with Gasteiger partial charge in [-0.05, 0) is 36.2 Å². The number of nitrogens with two attached hydrogens (primary N) is 1. The van der Waals surface area contributed by atoms with Gasteiger partial charge in [-0.15, -0.1) is 0 Å². The van der Waals surface area contributed by atoms with Crippen molar-refractivity contribution >= 4 is 17.7 Å². The summed E-state index contributed by atoms with van der Waals surface area (Å²) in [6.07, 6.45) is 1.58. The minimum Gasteiger partial charge on any atom is -0.489 e. The predicted molar refractivity (Wildman–Crippen MR) is 122 cm³/mol. The minimum atomic E-state index is -0.968. The summed E-state index contributed by atoms with van der Waals surface area (Å²) in [5.41, 5.74) is 6.56. The van der Waals surface area contributed by atoms with Gasteiger partial charge in [-0.1, -0.05) is 48.2 Å². The average Bonchev–Trinajstić information content (AvgIpc) is 3.12. The molecule has 0 aliphatic carbocycles. The van der Waals surface area contributed by atoms with Crippen LogP contribution in [0.25, 0.3) is 0 Å². The SMILES string of the molecule is CC1=C(C(N)=O)SC(n2ccc(OCc3ccccc3)cc2=O)N1Cc1ccc(F)c(F)c1. The number of hydrogen-bond acceptors (Lipinski definition) is 5. The third-order valence-corrected chi connectivity index (χ3v) is 6.64. The van der Waals surface area contributed by atoms with Crippen molar-refractivity contribution < 1.29 is 18.3 Å². The molecule has 1 amide bonds. The summed E-state index contributed by atoms with van der Waals surface area (Å²) >= 11 is 1.13. The molecule has 2 aromatic carbocycles. The number of carbonyl (C=O) groups excluding carboxylic acids is 1. The molecule has 170 valence electrons. The number of allylic oxidation sites excluding steroid dienone is 1. The number of benzene rings is 2. The van der Waals surface area contributed by atoms with Crippen molar-refractivity contribution in [3.63, 3.8) is 0 Å². The molecule has 0 spiro atoms. The number of thioether (sulfide) groups is 1. The highest BCUT2D eigenvalue weighted by atomic mass is 32.2. The Hall–Kier alpha value is -3.59. The molecule has 0 radical (unpaired) electrons. The van der Waals surface area contributed by atoms with Gasteiger partial charge in [-0.25, -0.2) is 8.78 Å². The average molecular weight is 470 g/mol. The van der Waals surface area contributed by atoms with Gasteiger partial charge in [0.15, 0.2) is 17.1 Å². The molecule has 4 rings (SSSR count). The first-order chi connectivity index (χ1) is 15.8. The Morgan fingerprint density at radius 2 is 1.82 bits per heavy atom. The van der Waals surface area contributed by atoms with Crippen LogP contribution in [0.15, 0.2) is 82.3 Å². The van der Waals surface area contributed by atoms with Gasteiger partial charge < -0.3 is 15.4 Å². The summed E-state index contributed by atoms with van der Waals surface area (Å²) in [5.74, 6) is -2.12. The summed E-state index contributed by atoms with van der Waals surface area (Å²) in [6, 6.07) is 16.2. The van der Waals surface area contributed by atoms with Gasteiger partial charge in [-0.2, -0.15) is 0 Å². The third-order valence-electron chi connectivity index (χ3n) is 5.22. The Labute approximate surface area is 193 Å². The molecule has 2 heterocycles. The highest BCUT2D eigenvalue weighted by Gasteiger charge is 2.34. The van der Waals surface area contributed by atoms with Gasteiger partial charge >= 0.3 is 0 Å². The zero-order valence-corrected chi connectivity index (χ0v) is 18.5. The van der Waals surface area contributed by atoms with Crippen LogP contribution in [0.1, 0.15) is 23.5 Å². The molecule has 1 unspecified atom stereocenters. The normalized spacial score (nSPS) is 15.7. The second-order valence-electron chi connectivity index (χ2n) is 7.48. The second-order valence-corrected chi connectivity index (χ2v) is 8.55. The summed E-state index contributed by atoms with van der Waals surface area (Å²) < 4.78 is 34.2. The monoisotopic (exact) mass is 469 g/mol. The molecule has 1 aliphatic rings. The van der Waals surface area contributed by atoms with Crippen molar-refractivity contribution in [3.05, 3.63) is 111 Å². The van der Waals surface area contributed by atoms with Gasteiger partial charge in [0.1, 0.15) is 12.4 Å². The Balaban J connectivity index is 1.59. The van der Waals surface area contributed by atoms with E-state index >= 15 is 0 Å². The largest absolute Gasteiger partial charge is 0.489 e. The van der Waals surface area contributed by atoms with E-state index in [1.54, 1.807) is 24.1 Å². The van der Waals surface area contributed by atoms with Crippen molar-refractivity contribution in [1.82, 2.24) is 9.47 Å². The second kappa shape index (κ2) is 9.50. The topological polar surface area (TPSA) is 77.6 Å². The summed E-state index contributed by atoms with van der Waals surface area (Å²) in [7, 11) is 0. The Morgan fingerprint density at radius 3 is 2.48 bits per heavy atom. The van der Waals surface area contributed by atoms with E-state index in [9.17, 15) is 18.4 Å². The smallest absolute Gasteiger partial charge is 0.257 e. The van der Waals surface area contributed by atoms with Crippen LogP contribution in [0.4, 0.5) is 8.78 Å². The van der Waals surface area contributed by atoms with Crippen LogP contribution in [0.5, 0.6) is 5.75 Å². The van der Waals surface area contributed by atoms with Gasteiger partial charge in [-0.3, -0.25) is 14.2 Å². The maximum absolute atomic E-state index is 13.7. The highest BCUT2D eigenvalue weighted by Crippen LogP contribution is 2.44. The fourth-order valence-electron chi connectivity index (χ4n) is 3.51. The summed E-state index contributed by atoms with van der Waals surface area (Å²) in [4.78, 5) is 26.9. The van der Waals surface area contributed by atoms with E-state index in [4.69, 9.17) is 10.5 Å². The first-order valence-electron chi connectivity index (χ1n) is 10.1. The number of aromatic nitrogens is 1. The van der Waals surface area contributed by atoms with Gasteiger partial charge in [0.2, 0.25) is 0 Å². The molecule has 33 heavy (non-hydrogen) atoms. The van der Waals surface area contributed by atoms with E-state index in [1.165, 1.54) is 16.7 Å². The number of primary amides is 1. The lowest BCUT2D eigenvalue weighted by Crippen LogP contribution is -2.32.